The first-order chi connectivity index (χ1) is 7.15. The third kappa shape index (κ3) is 1.89. The van der Waals surface area contributed by atoms with E-state index in [2.05, 4.69) is 10.1 Å². The maximum Gasteiger partial charge on any atom is 0.230 e. The molecular formula is C10H17N3O2. The van der Waals surface area contributed by atoms with Crippen LogP contribution >= 0.6 is 0 Å². The lowest BCUT2D eigenvalue weighted by molar-refractivity contribution is 0.00768. The zero-order valence-corrected chi connectivity index (χ0v) is 9.19. The molecule has 1 aromatic rings. The molecule has 2 rings (SSSR count). The lowest BCUT2D eigenvalue weighted by atomic mass is 10.0. The summed E-state index contributed by atoms with van der Waals surface area (Å²) in [6, 6.07) is 0. The second-order valence-electron chi connectivity index (χ2n) is 4.28. The maximum absolute atomic E-state index is 5.64. The average molecular weight is 211 g/mol. The van der Waals surface area contributed by atoms with Gasteiger partial charge in [-0.15, -0.1) is 0 Å². The molecule has 0 aliphatic carbocycles. The van der Waals surface area contributed by atoms with Crippen molar-refractivity contribution < 1.29 is 9.26 Å². The summed E-state index contributed by atoms with van der Waals surface area (Å²) in [5, 5.41) is 3.97. The van der Waals surface area contributed by atoms with E-state index in [-0.39, 0.29) is 11.5 Å². The Kier molecular flexibility index (Phi) is 2.75. The Hall–Kier alpha value is -0.940. The van der Waals surface area contributed by atoms with E-state index in [4.69, 9.17) is 15.0 Å². The van der Waals surface area contributed by atoms with Gasteiger partial charge in [0.05, 0.1) is 0 Å². The summed E-state index contributed by atoms with van der Waals surface area (Å²) >= 11 is 0. The molecule has 0 radical (unpaired) electrons. The third-order valence-corrected chi connectivity index (χ3v) is 2.91. The molecule has 1 fully saturated rings. The van der Waals surface area contributed by atoms with Crippen molar-refractivity contribution >= 4 is 0 Å². The Labute approximate surface area is 89.0 Å². The van der Waals surface area contributed by atoms with Gasteiger partial charge < -0.3 is 15.0 Å². The van der Waals surface area contributed by atoms with Gasteiger partial charge in [0.1, 0.15) is 5.60 Å². The van der Waals surface area contributed by atoms with Gasteiger partial charge in [0.25, 0.3) is 0 Å². The van der Waals surface area contributed by atoms with E-state index in [1.54, 1.807) is 0 Å². The second kappa shape index (κ2) is 3.90. The highest BCUT2D eigenvalue weighted by molar-refractivity contribution is 5.03. The summed E-state index contributed by atoms with van der Waals surface area (Å²) in [7, 11) is 0. The molecule has 1 aromatic heterocycles. The number of nitrogens with two attached hydrogens (primary N) is 1. The molecule has 2 unspecified atom stereocenters. The molecule has 1 saturated heterocycles. The zero-order chi connectivity index (χ0) is 10.9. The minimum atomic E-state index is -0.365. The van der Waals surface area contributed by atoms with Crippen LogP contribution in [-0.4, -0.2) is 23.3 Å². The van der Waals surface area contributed by atoms with Gasteiger partial charge in [0.15, 0.2) is 0 Å². The molecule has 15 heavy (non-hydrogen) atoms. The summed E-state index contributed by atoms with van der Waals surface area (Å²) in [6.07, 6.45) is 2.00. The standard InChI is InChI=1S/C10H17N3O2/c1-7(6-11)8-12-9(13-15-8)10(2)4-3-5-14-10/h7H,3-6,11H2,1-2H3. The van der Waals surface area contributed by atoms with E-state index < -0.39 is 0 Å². The highest BCUT2D eigenvalue weighted by atomic mass is 16.5. The predicted molar refractivity (Wildman–Crippen MR) is 54.3 cm³/mol. The molecule has 0 saturated carbocycles. The van der Waals surface area contributed by atoms with Gasteiger partial charge in [0, 0.05) is 19.1 Å². The smallest absolute Gasteiger partial charge is 0.230 e. The number of ether oxygens (including phenoxy) is 1. The van der Waals surface area contributed by atoms with Crippen LogP contribution in [0.25, 0.3) is 0 Å². The van der Waals surface area contributed by atoms with Crippen molar-refractivity contribution in [1.29, 1.82) is 0 Å². The number of aromatic nitrogens is 2. The molecule has 0 aromatic carbocycles. The molecule has 1 aliphatic rings. The molecule has 0 spiro atoms. The van der Waals surface area contributed by atoms with Crippen LogP contribution < -0.4 is 5.73 Å². The quantitative estimate of drug-likeness (QED) is 0.812. The topological polar surface area (TPSA) is 74.2 Å². The molecule has 2 atom stereocenters. The van der Waals surface area contributed by atoms with Gasteiger partial charge in [-0.1, -0.05) is 12.1 Å². The molecule has 5 heteroatoms. The van der Waals surface area contributed by atoms with Crippen LogP contribution in [0.15, 0.2) is 4.52 Å². The fourth-order valence-corrected chi connectivity index (χ4v) is 1.71. The Morgan fingerprint density at radius 2 is 2.40 bits per heavy atom. The lowest BCUT2D eigenvalue weighted by Gasteiger charge is -2.17. The van der Waals surface area contributed by atoms with Crippen LogP contribution in [0.3, 0.4) is 0 Å². The number of hydrogen-bond acceptors (Lipinski definition) is 5. The van der Waals surface area contributed by atoms with Gasteiger partial charge in [0.2, 0.25) is 11.7 Å². The highest BCUT2D eigenvalue weighted by Gasteiger charge is 2.36. The van der Waals surface area contributed by atoms with E-state index in [1.165, 1.54) is 0 Å². The summed E-state index contributed by atoms with van der Waals surface area (Å²) in [6.45, 7) is 5.25. The van der Waals surface area contributed by atoms with Crippen LogP contribution in [0.2, 0.25) is 0 Å². The van der Waals surface area contributed by atoms with Crippen molar-refractivity contribution in [1.82, 2.24) is 10.1 Å². The van der Waals surface area contributed by atoms with Gasteiger partial charge in [-0.25, -0.2) is 0 Å². The Bertz CT molecular complexity index is 331. The Balaban J connectivity index is 2.19. The largest absolute Gasteiger partial charge is 0.367 e. The van der Waals surface area contributed by atoms with Crippen molar-refractivity contribution in [3.8, 4) is 0 Å². The van der Waals surface area contributed by atoms with Crippen molar-refractivity contribution in [2.75, 3.05) is 13.2 Å². The van der Waals surface area contributed by atoms with Gasteiger partial charge in [-0.2, -0.15) is 4.98 Å². The fraction of sp³-hybridized carbons (Fsp3) is 0.800. The van der Waals surface area contributed by atoms with Crippen LogP contribution in [0.4, 0.5) is 0 Å². The number of rotatable bonds is 3. The predicted octanol–water partition coefficient (Wildman–Crippen LogP) is 1.16. The fourth-order valence-electron chi connectivity index (χ4n) is 1.71. The highest BCUT2D eigenvalue weighted by Crippen LogP contribution is 2.34. The normalized spacial score (nSPS) is 28.2. The minimum Gasteiger partial charge on any atom is -0.367 e. The zero-order valence-electron chi connectivity index (χ0n) is 9.19. The molecule has 0 amide bonds. The second-order valence-corrected chi connectivity index (χ2v) is 4.28. The summed E-state index contributed by atoms with van der Waals surface area (Å²) in [5.74, 6) is 1.36. The van der Waals surface area contributed by atoms with Crippen LogP contribution in [-0.2, 0) is 10.3 Å². The molecule has 2 heterocycles. The van der Waals surface area contributed by atoms with Crippen molar-refractivity contribution in [2.45, 2.75) is 38.2 Å². The summed E-state index contributed by atoms with van der Waals surface area (Å²) < 4.78 is 10.8. The molecular weight excluding hydrogens is 194 g/mol. The Morgan fingerprint density at radius 1 is 1.60 bits per heavy atom. The molecule has 5 nitrogen and oxygen atoms in total. The number of nitrogens with zero attached hydrogens (tertiary/aromatic N) is 2. The third-order valence-electron chi connectivity index (χ3n) is 2.91. The van der Waals surface area contributed by atoms with Crippen LogP contribution in [0, 0.1) is 0 Å². The first-order valence-corrected chi connectivity index (χ1v) is 5.34. The van der Waals surface area contributed by atoms with E-state index in [1.807, 2.05) is 13.8 Å². The maximum atomic E-state index is 5.64. The molecule has 2 N–H and O–H groups in total. The molecule has 0 bridgehead atoms. The van der Waals surface area contributed by atoms with Crippen molar-refractivity contribution in [3.63, 3.8) is 0 Å². The Morgan fingerprint density at radius 3 is 3.00 bits per heavy atom. The molecule has 1 aliphatic heterocycles. The van der Waals surface area contributed by atoms with Gasteiger partial charge in [-0.3, -0.25) is 0 Å². The molecule has 84 valence electrons. The minimum absolute atomic E-state index is 0.108. The average Bonchev–Trinajstić information content (AvgIpc) is 2.85. The first kappa shape index (κ1) is 10.6. The SMILES string of the molecule is CC(CN)c1nc(C2(C)CCCO2)no1. The first-order valence-electron chi connectivity index (χ1n) is 5.34. The van der Waals surface area contributed by atoms with E-state index in [0.29, 0.717) is 18.3 Å². The van der Waals surface area contributed by atoms with Gasteiger partial charge in [-0.05, 0) is 19.8 Å². The van der Waals surface area contributed by atoms with E-state index in [0.717, 1.165) is 19.4 Å². The van der Waals surface area contributed by atoms with Crippen molar-refractivity contribution in [3.05, 3.63) is 11.7 Å². The van der Waals surface area contributed by atoms with Crippen molar-refractivity contribution in [2.24, 2.45) is 5.73 Å². The summed E-state index contributed by atoms with van der Waals surface area (Å²) in [5.41, 5.74) is 5.18. The van der Waals surface area contributed by atoms with E-state index in [9.17, 15) is 0 Å². The van der Waals surface area contributed by atoms with Crippen LogP contribution in [0.1, 0.15) is 44.3 Å². The summed E-state index contributed by atoms with van der Waals surface area (Å²) in [4.78, 5) is 4.35. The lowest BCUT2D eigenvalue weighted by Crippen LogP contribution is -2.22. The number of hydrogen-bond donors (Lipinski definition) is 1. The van der Waals surface area contributed by atoms with E-state index >= 15 is 0 Å². The van der Waals surface area contributed by atoms with Crippen LogP contribution in [0.5, 0.6) is 0 Å². The monoisotopic (exact) mass is 211 g/mol. The van der Waals surface area contributed by atoms with Gasteiger partial charge >= 0.3 is 0 Å².